The quantitative estimate of drug-likeness (QED) is 0.804. The van der Waals surface area contributed by atoms with Gasteiger partial charge in [-0.1, -0.05) is 17.8 Å². The van der Waals surface area contributed by atoms with Gasteiger partial charge in [-0.3, -0.25) is 9.55 Å². The Hall–Kier alpha value is -1.57. The summed E-state index contributed by atoms with van der Waals surface area (Å²) in [4.78, 5) is 4.08. The smallest absolute Gasteiger partial charge is 0.299 e. The van der Waals surface area contributed by atoms with Gasteiger partial charge in [-0.2, -0.15) is 13.2 Å². The van der Waals surface area contributed by atoms with Crippen molar-refractivity contribution in [1.82, 2.24) is 19.7 Å². The molecule has 0 aliphatic heterocycles. The summed E-state index contributed by atoms with van der Waals surface area (Å²) >= 11 is 1.17. The molecule has 0 bridgehead atoms. The molecule has 0 fully saturated rings. The maximum atomic E-state index is 12.3. The highest BCUT2D eigenvalue weighted by molar-refractivity contribution is 7.98. The molecule has 4 nitrogen and oxygen atoms in total. The van der Waals surface area contributed by atoms with Crippen LogP contribution in [0.5, 0.6) is 0 Å². The maximum Gasteiger partial charge on any atom is 0.406 e. The standard InChI is InChI=1S/C10H9F3N4S/c11-10(12,13)6-17-7-15-16-9(17)18-5-8-3-1-2-4-14-8/h1-4,7H,5-6H2. The topological polar surface area (TPSA) is 43.6 Å². The van der Waals surface area contributed by atoms with Gasteiger partial charge in [0.1, 0.15) is 12.9 Å². The third-order valence-corrected chi connectivity index (χ3v) is 3.02. The van der Waals surface area contributed by atoms with Gasteiger partial charge < -0.3 is 0 Å². The number of hydrogen-bond acceptors (Lipinski definition) is 4. The van der Waals surface area contributed by atoms with E-state index in [9.17, 15) is 13.2 Å². The highest BCUT2D eigenvalue weighted by atomic mass is 32.2. The second-order valence-corrected chi connectivity index (χ2v) is 4.41. The Labute approximate surface area is 105 Å². The molecule has 2 aromatic heterocycles. The third-order valence-electron chi connectivity index (χ3n) is 2.00. The van der Waals surface area contributed by atoms with Crippen LogP contribution in [-0.2, 0) is 12.3 Å². The molecular formula is C10H9F3N4S. The lowest BCUT2D eigenvalue weighted by atomic mass is 10.4. The number of thioether (sulfide) groups is 1. The molecule has 2 rings (SSSR count). The molecule has 0 aliphatic carbocycles. The Bertz CT molecular complexity index is 497. The summed E-state index contributed by atoms with van der Waals surface area (Å²) in [7, 11) is 0. The number of halogens is 3. The summed E-state index contributed by atoms with van der Waals surface area (Å²) < 4.78 is 37.8. The van der Waals surface area contributed by atoms with E-state index in [2.05, 4.69) is 15.2 Å². The molecule has 0 N–H and O–H groups in total. The van der Waals surface area contributed by atoms with Crippen LogP contribution in [-0.4, -0.2) is 25.9 Å². The van der Waals surface area contributed by atoms with E-state index in [1.54, 1.807) is 18.3 Å². The first-order chi connectivity index (χ1) is 8.54. The first-order valence-electron chi connectivity index (χ1n) is 5.02. The van der Waals surface area contributed by atoms with Crippen molar-refractivity contribution in [3.63, 3.8) is 0 Å². The lowest BCUT2D eigenvalue weighted by Crippen LogP contribution is -2.17. The van der Waals surface area contributed by atoms with E-state index in [-0.39, 0.29) is 5.16 Å². The van der Waals surface area contributed by atoms with E-state index in [4.69, 9.17) is 0 Å². The third kappa shape index (κ3) is 3.73. The Kier molecular flexibility index (Phi) is 3.85. The number of aromatic nitrogens is 4. The highest BCUT2D eigenvalue weighted by Crippen LogP contribution is 2.23. The van der Waals surface area contributed by atoms with Crippen LogP contribution in [0.2, 0.25) is 0 Å². The summed E-state index contributed by atoms with van der Waals surface area (Å²) in [5.41, 5.74) is 0.782. The summed E-state index contributed by atoms with van der Waals surface area (Å²) in [6.45, 7) is -1.08. The van der Waals surface area contributed by atoms with Crippen molar-refractivity contribution in [3.05, 3.63) is 36.4 Å². The Morgan fingerprint density at radius 1 is 1.28 bits per heavy atom. The first kappa shape index (κ1) is 12.9. The Morgan fingerprint density at radius 3 is 2.78 bits per heavy atom. The van der Waals surface area contributed by atoms with Crippen LogP contribution >= 0.6 is 11.8 Å². The lowest BCUT2D eigenvalue weighted by Gasteiger charge is -2.08. The fraction of sp³-hybridized carbons (Fsp3) is 0.300. The molecule has 0 saturated carbocycles. The first-order valence-corrected chi connectivity index (χ1v) is 6.00. The summed E-state index contributed by atoms with van der Waals surface area (Å²) in [5.74, 6) is 0.456. The van der Waals surface area contributed by atoms with Crippen molar-refractivity contribution in [1.29, 1.82) is 0 Å². The molecule has 2 heterocycles. The lowest BCUT2D eigenvalue weighted by molar-refractivity contribution is -0.142. The molecule has 0 unspecified atom stereocenters. The predicted molar refractivity (Wildman–Crippen MR) is 59.9 cm³/mol. The van der Waals surface area contributed by atoms with Crippen LogP contribution in [0.3, 0.4) is 0 Å². The predicted octanol–water partition coefficient (Wildman–Crippen LogP) is 2.53. The fourth-order valence-electron chi connectivity index (χ4n) is 1.28. The van der Waals surface area contributed by atoms with Crippen molar-refractivity contribution in [2.45, 2.75) is 23.6 Å². The molecule has 0 saturated heterocycles. The molecule has 2 aromatic rings. The van der Waals surface area contributed by atoms with Crippen molar-refractivity contribution < 1.29 is 13.2 Å². The molecular weight excluding hydrogens is 265 g/mol. The van der Waals surface area contributed by atoms with Crippen molar-refractivity contribution in [2.75, 3.05) is 0 Å². The van der Waals surface area contributed by atoms with Gasteiger partial charge in [0.25, 0.3) is 0 Å². The van der Waals surface area contributed by atoms with Crippen molar-refractivity contribution in [3.8, 4) is 0 Å². The van der Waals surface area contributed by atoms with Crippen LogP contribution in [0.15, 0.2) is 35.9 Å². The summed E-state index contributed by atoms with van der Waals surface area (Å²) in [6, 6.07) is 5.40. The molecule has 8 heteroatoms. The second kappa shape index (κ2) is 5.38. The zero-order valence-corrected chi connectivity index (χ0v) is 9.95. The fourth-order valence-corrected chi connectivity index (χ4v) is 2.11. The molecule has 0 spiro atoms. The van der Waals surface area contributed by atoms with E-state index < -0.39 is 12.7 Å². The molecule has 18 heavy (non-hydrogen) atoms. The molecule has 0 atom stereocenters. The van der Waals surface area contributed by atoms with Gasteiger partial charge >= 0.3 is 6.18 Å². The minimum atomic E-state index is -4.28. The zero-order valence-electron chi connectivity index (χ0n) is 9.13. The number of pyridine rings is 1. The van der Waals surface area contributed by atoms with E-state index in [0.717, 1.165) is 16.6 Å². The van der Waals surface area contributed by atoms with Gasteiger partial charge in [0.15, 0.2) is 5.16 Å². The molecule has 0 amide bonds. The van der Waals surface area contributed by atoms with Crippen LogP contribution < -0.4 is 0 Å². The van der Waals surface area contributed by atoms with E-state index >= 15 is 0 Å². The van der Waals surface area contributed by atoms with Crippen molar-refractivity contribution in [2.24, 2.45) is 0 Å². The normalized spacial score (nSPS) is 11.7. The van der Waals surface area contributed by atoms with Gasteiger partial charge in [0.2, 0.25) is 0 Å². The Balaban J connectivity index is 2.00. The van der Waals surface area contributed by atoms with Gasteiger partial charge in [-0.25, -0.2) is 0 Å². The van der Waals surface area contributed by atoms with Crippen LogP contribution in [0.1, 0.15) is 5.69 Å². The minimum Gasteiger partial charge on any atom is -0.299 e. The van der Waals surface area contributed by atoms with Crippen LogP contribution in [0, 0.1) is 0 Å². The monoisotopic (exact) mass is 274 g/mol. The summed E-state index contributed by atoms with van der Waals surface area (Å²) in [6.07, 6.45) is -1.56. The number of nitrogens with zero attached hydrogens (tertiary/aromatic N) is 4. The molecule has 96 valence electrons. The van der Waals surface area contributed by atoms with Crippen molar-refractivity contribution >= 4 is 11.8 Å². The average Bonchev–Trinajstić information content (AvgIpc) is 2.73. The average molecular weight is 274 g/mol. The van der Waals surface area contributed by atoms with Gasteiger partial charge in [0.05, 0.1) is 5.69 Å². The van der Waals surface area contributed by atoms with Gasteiger partial charge in [-0.05, 0) is 12.1 Å². The summed E-state index contributed by atoms with van der Waals surface area (Å²) in [5, 5.41) is 7.39. The van der Waals surface area contributed by atoms with E-state index in [1.165, 1.54) is 11.8 Å². The number of hydrogen-bond donors (Lipinski definition) is 0. The highest BCUT2D eigenvalue weighted by Gasteiger charge is 2.29. The largest absolute Gasteiger partial charge is 0.406 e. The van der Waals surface area contributed by atoms with Crippen LogP contribution in [0.25, 0.3) is 0 Å². The molecule has 0 aromatic carbocycles. The second-order valence-electron chi connectivity index (χ2n) is 3.47. The van der Waals surface area contributed by atoms with Crippen LogP contribution in [0.4, 0.5) is 13.2 Å². The zero-order chi connectivity index (χ0) is 13.0. The Morgan fingerprint density at radius 2 is 2.11 bits per heavy atom. The SMILES string of the molecule is FC(F)(F)Cn1cnnc1SCc1ccccn1. The van der Waals surface area contributed by atoms with Gasteiger partial charge in [-0.15, -0.1) is 10.2 Å². The molecule has 0 aliphatic rings. The maximum absolute atomic E-state index is 12.3. The number of alkyl halides is 3. The minimum absolute atomic E-state index is 0.234. The number of rotatable bonds is 4. The van der Waals surface area contributed by atoms with E-state index in [0.29, 0.717) is 5.75 Å². The molecule has 0 radical (unpaired) electrons. The van der Waals surface area contributed by atoms with Gasteiger partial charge in [0, 0.05) is 11.9 Å². The van der Waals surface area contributed by atoms with E-state index in [1.807, 2.05) is 6.07 Å².